The molecule has 1 aromatic carbocycles. The van der Waals surface area contributed by atoms with Crippen LogP contribution in [0.1, 0.15) is 26.5 Å². The van der Waals surface area contributed by atoms with E-state index >= 15 is 0 Å². The van der Waals surface area contributed by atoms with E-state index in [2.05, 4.69) is 15.2 Å². The number of aromatic carboxylic acids is 1. The summed E-state index contributed by atoms with van der Waals surface area (Å²) in [5, 5.41) is 17.2. The van der Waals surface area contributed by atoms with Gasteiger partial charge in [-0.15, -0.1) is 0 Å². The molecule has 1 aliphatic heterocycles. The maximum Gasteiger partial charge on any atom is 0.356 e. The van der Waals surface area contributed by atoms with Gasteiger partial charge in [0, 0.05) is 6.54 Å². The van der Waals surface area contributed by atoms with Crippen molar-refractivity contribution in [1.82, 2.24) is 29.4 Å². The molecular weight excluding hydrogens is 324 g/mol. The Kier molecular flexibility index (Phi) is 3.53. The lowest BCUT2D eigenvalue weighted by molar-refractivity contribution is 0.0680. The molecule has 0 aliphatic carbocycles. The van der Waals surface area contributed by atoms with Crippen molar-refractivity contribution in [3.63, 3.8) is 0 Å². The molecule has 9 heteroatoms. The lowest BCUT2D eigenvalue weighted by Gasteiger charge is -2.28. The Labute approximate surface area is 142 Å². The van der Waals surface area contributed by atoms with Gasteiger partial charge in [-0.05, 0) is 18.2 Å². The van der Waals surface area contributed by atoms with Gasteiger partial charge in [0.05, 0.1) is 30.0 Å². The standard InChI is InChI=1S/C16H14N6O3/c23-15(12-3-1-2-4-14(12)22-10-17-9-18-22)20-5-6-21-11(8-20)7-13(19-21)16(24)25/h1-4,7,9-10H,5-6,8H2,(H,24,25). The molecule has 3 aromatic rings. The SMILES string of the molecule is O=C(O)c1cc2n(n1)CCN(C(=O)c1ccccc1-n1cncn1)C2. The van der Waals surface area contributed by atoms with E-state index in [0.717, 1.165) is 0 Å². The lowest BCUT2D eigenvalue weighted by atomic mass is 10.1. The summed E-state index contributed by atoms with van der Waals surface area (Å²) in [6.07, 6.45) is 2.95. The number of para-hydroxylation sites is 1. The number of benzene rings is 1. The molecule has 0 bridgehead atoms. The maximum absolute atomic E-state index is 13.0. The third-order valence-corrected chi connectivity index (χ3v) is 4.10. The van der Waals surface area contributed by atoms with E-state index in [4.69, 9.17) is 5.11 Å². The molecule has 1 amide bonds. The smallest absolute Gasteiger partial charge is 0.356 e. The molecule has 1 N–H and O–H groups in total. The number of carboxylic acid groups (broad SMARTS) is 1. The monoisotopic (exact) mass is 338 g/mol. The fraction of sp³-hybridized carbons (Fsp3) is 0.188. The summed E-state index contributed by atoms with van der Waals surface area (Å²) < 4.78 is 3.18. The van der Waals surface area contributed by atoms with E-state index in [0.29, 0.717) is 36.6 Å². The molecule has 0 fully saturated rings. The molecule has 4 rings (SSSR count). The van der Waals surface area contributed by atoms with E-state index < -0.39 is 5.97 Å². The highest BCUT2D eigenvalue weighted by Crippen LogP contribution is 2.20. The number of fused-ring (bicyclic) bond motifs is 1. The van der Waals surface area contributed by atoms with Gasteiger partial charge >= 0.3 is 5.97 Å². The molecule has 2 aromatic heterocycles. The Morgan fingerprint density at radius 1 is 1.16 bits per heavy atom. The Morgan fingerprint density at radius 2 is 2.00 bits per heavy atom. The van der Waals surface area contributed by atoms with Crippen LogP contribution in [0.2, 0.25) is 0 Å². The summed E-state index contributed by atoms with van der Waals surface area (Å²) in [4.78, 5) is 29.6. The Bertz CT molecular complexity index is 947. The van der Waals surface area contributed by atoms with E-state index in [-0.39, 0.29) is 11.6 Å². The normalized spacial score (nSPS) is 13.5. The molecule has 0 radical (unpaired) electrons. The number of hydrogen-bond donors (Lipinski definition) is 1. The highest BCUT2D eigenvalue weighted by atomic mass is 16.4. The van der Waals surface area contributed by atoms with Gasteiger partial charge in [-0.2, -0.15) is 10.2 Å². The first kappa shape index (κ1) is 15.1. The molecular formula is C16H14N6O3. The highest BCUT2D eigenvalue weighted by molar-refractivity contribution is 5.97. The molecule has 3 heterocycles. The van der Waals surface area contributed by atoms with Gasteiger partial charge in [-0.25, -0.2) is 14.5 Å². The van der Waals surface area contributed by atoms with Gasteiger partial charge in [0.1, 0.15) is 12.7 Å². The van der Waals surface area contributed by atoms with Crippen LogP contribution in [0.4, 0.5) is 0 Å². The average Bonchev–Trinajstić information content (AvgIpc) is 3.30. The third kappa shape index (κ3) is 2.65. The number of carboxylic acids is 1. The second-order valence-electron chi connectivity index (χ2n) is 5.63. The van der Waals surface area contributed by atoms with Crippen LogP contribution < -0.4 is 0 Å². The van der Waals surface area contributed by atoms with Crippen LogP contribution in [-0.4, -0.2) is 53.0 Å². The van der Waals surface area contributed by atoms with Crippen LogP contribution in [0, 0.1) is 0 Å². The van der Waals surface area contributed by atoms with E-state index in [1.54, 1.807) is 32.5 Å². The van der Waals surface area contributed by atoms with Crippen LogP contribution in [0.15, 0.2) is 43.0 Å². The quantitative estimate of drug-likeness (QED) is 0.758. The summed E-state index contributed by atoms with van der Waals surface area (Å²) in [6.45, 7) is 1.23. The third-order valence-electron chi connectivity index (χ3n) is 4.10. The number of rotatable bonds is 3. The molecule has 9 nitrogen and oxygen atoms in total. The number of aromatic nitrogens is 5. The second-order valence-corrected chi connectivity index (χ2v) is 5.63. The van der Waals surface area contributed by atoms with Crippen LogP contribution in [-0.2, 0) is 13.1 Å². The van der Waals surface area contributed by atoms with Gasteiger partial charge in [0.2, 0.25) is 0 Å². The van der Waals surface area contributed by atoms with Crippen LogP contribution in [0.5, 0.6) is 0 Å². The van der Waals surface area contributed by atoms with Crippen LogP contribution >= 0.6 is 0 Å². The highest BCUT2D eigenvalue weighted by Gasteiger charge is 2.26. The van der Waals surface area contributed by atoms with Crippen molar-refractivity contribution in [2.75, 3.05) is 6.54 Å². The minimum Gasteiger partial charge on any atom is -0.476 e. The summed E-state index contributed by atoms with van der Waals surface area (Å²) in [5.41, 5.74) is 1.86. The van der Waals surface area contributed by atoms with Gasteiger partial charge in [-0.1, -0.05) is 12.1 Å². The van der Waals surface area contributed by atoms with Gasteiger partial charge < -0.3 is 10.0 Å². The van der Waals surface area contributed by atoms with Crippen molar-refractivity contribution >= 4 is 11.9 Å². The van der Waals surface area contributed by atoms with Crippen molar-refractivity contribution in [2.24, 2.45) is 0 Å². The molecule has 25 heavy (non-hydrogen) atoms. The second kappa shape index (κ2) is 5.86. The number of carbonyl (C=O) groups excluding carboxylic acids is 1. The van der Waals surface area contributed by atoms with Crippen LogP contribution in [0.3, 0.4) is 0 Å². The van der Waals surface area contributed by atoms with Crippen molar-refractivity contribution in [2.45, 2.75) is 13.1 Å². The van der Waals surface area contributed by atoms with Crippen molar-refractivity contribution in [1.29, 1.82) is 0 Å². The van der Waals surface area contributed by atoms with Gasteiger partial charge in [-0.3, -0.25) is 9.48 Å². The van der Waals surface area contributed by atoms with E-state index in [1.807, 2.05) is 6.07 Å². The molecule has 0 unspecified atom stereocenters. The Morgan fingerprint density at radius 3 is 2.76 bits per heavy atom. The van der Waals surface area contributed by atoms with Crippen molar-refractivity contribution in [3.05, 3.63) is 59.9 Å². The minimum absolute atomic E-state index is 0.00712. The first-order valence-electron chi connectivity index (χ1n) is 7.67. The largest absolute Gasteiger partial charge is 0.476 e. The van der Waals surface area contributed by atoms with Crippen molar-refractivity contribution in [3.8, 4) is 5.69 Å². The summed E-state index contributed by atoms with van der Waals surface area (Å²) >= 11 is 0. The summed E-state index contributed by atoms with van der Waals surface area (Å²) in [6, 6.07) is 8.68. The molecule has 126 valence electrons. The molecule has 0 atom stereocenters. The molecule has 0 saturated heterocycles. The van der Waals surface area contributed by atoms with Gasteiger partial charge in [0.25, 0.3) is 5.91 Å². The Hall–Kier alpha value is -3.49. The fourth-order valence-corrected chi connectivity index (χ4v) is 2.90. The number of nitrogens with zero attached hydrogens (tertiary/aromatic N) is 6. The first-order chi connectivity index (χ1) is 12.1. The molecule has 0 spiro atoms. The minimum atomic E-state index is -1.07. The predicted octanol–water partition coefficient (Wildman–Crippen LogP) is 0.818. The zero-order valence-corrected chi connectivity index (χ0v) is 13.1. The average molecular weight is 338 g/mol. The zero-order chi connectivity index (χ0) is 17.4. The summed E-state index contributed by atoms with van der Waals surface area (Å²) in [7, 11) is 0. The molecule has 0 saturated carbocycles. The molecule has 1 aliphatic rings. The first-order valence-corrected chi connectivity index (χ1v) is 7.67. The topological polar surface area (TPSA) is 106 Å². The van der Waals surface area contributed by atoms with Crippen molar-refractivity contribution < 1.29 is 14.7 Å². The van der Waals surface area contributed by atoms with E-state index in [1.165, 1.54) is 18.7 Å². The fourth-order valence-electron chi connectivity index (χ4n) is 2.90. The Balaban J connectivity index is 1.63. The van der Waals surface area contributed by atoms with Gasteiger partial charge in [0.15, 0.2) is 5.69 Å². The van der Waals surface area contributed by atoms with E-state index in [9.17, 15) is 9.59 Å². The number of carbonyl (C=O) groups is 2. The lowest BCUT2D eigenvalue weighted by Crippen LogP contribution is -2.38. The predicted molar refractivity (Wildman–Crippen MR) is 85.3 cm³/mol. The zero-order valence-electron chi connectivity index (χ0n) is 13.1. The number of amides is 1. The maximum atomic E-state index is 13.0. The number of hydrogen-bond acceptors (Lipinski definition) is 5. The van der Waals surface area contributed by atoms with Crippen LogP contribution in [0.25, 0.3) is 5.69 Å². The summed E-state index contributed by atoms with van der Waals surface area (Å²) in [5.74, 6) is -1.22.